The highest BCUT2D eigenvalue weighted by Gasteiger charge is 2.20. The number of aryl methyl sites for hydroxylation is 1. The zero-order valence-corrected chi connectivity index (χ0v) is 10.9. The van der Waals surface area contributed by atoms with Crippen LogP contribution < -0.4 is 0 Å². The van der Waals surface area contributed by atoms with Crippen LogP contribution in [0.1, 0.15) is 25.0 Å². The fraction of sp³-hybridized carbons (Fsp3) is 0.286. The van der Waals surface area contributed by atoms with Gasteiger partial charge in [0.2, 0.25) is 0 Å². The highest BCUT2D eigenvalue weighted by atomic mass is 16.5. The summed E-state index contributed by atoms with van der Waals surface area (Å²) in [6.07, 6.45) is 2.54. The lowest BCUT2D eigenvalue weighted by molar-refractivity contribution is -0.135. The minimum Gasteiger partial charge on any atom is -0.461 e. The Morgan fingerprint density at radius 2 is 2.21 bits per heavy atom. The van der Waals surface area contributed by atoms with Crippen molar-refractivity contribution in [3.63, 3.8) is 0 Å². The van der Waals surface area contributed by atoms with Gasteiger partial charge in [-0.25, -0.2) is 4.79 Å². The number of H-pyrrole nitrogens is 1. The van der Waals surface area contributed by atoms with E-state index in [0.717, 1.165) is 22.9 Å². The average molecular weight is 260 g/mol. The molecule has 0 aliphatic heterocycles. The molecule has 0 saturated heterocycles. The van der Waals surface area contributed by atoms with E-state index in [9.17, 15) is 4.79 Å². The molecule has 2 aromatic rings. The van der Waals surface area contributed by atoms with Crippen LogP contribution in [0.5, 0.6) is 0 Å². The number of fused-ring (bicyclic) bond motifs is 1. The molecule has 1 heterocycles. The third-order valence-electron chi connectivity index (χ3n) is 3.01. The van der Waals surface area contributed by atoms with Crippen molar-refractivity contribution in [1.82, 2.24) is 4.98 Å². The lowest BCUT2D eigenvalue weighted by Crippen LogP contribution is -2.18. The van der Waals surface area contributed by atoms with Crippen LogP contribution in [-0.2, 0) is 16.0 Å². The highest BCUT2D eigenvalue weighted by Crippen LogP contribution is 2.23. The number of hydrogen-bond acceptors (Lipinski definition) is 4. The molecule has 0 radical (unpaired) electrons. The van der Waals surface area contributed by atoms with Gasteiger partial charge in [-0.15, -0.1) is 0 Å². The van der Waals surface area contributed by atoms with Crippen LogP contribution in [0.2, 0.25) is 0 Å². The number of aromatic nitrogens is 1. The van der Waals surface area contributed by atoms with Crippen LogP contribution in [-0.4, -0.2) is 28.5 Å². The second-order valence-corrected chi connectivity index (χ2v) is 4.06. The Morgan fingerprint density at radius 3 is 2.84 bits per heavy atom. The molecule has 1 aromatic carbocycles. The molecule has 19 heavy (non-hydrogen) atoms. The number of aromatic amines is 1. The number of benzene rings is 1. The fourth-order valence-corrected chi connectivity index (χ4v) is 2.11. The van der Waals surface area contributed by atoms with Crippen molar-refractivity contribution in [1.29, 1.82) is 0 Å². The number of carbonyl (C=O) groups is 1. The van der Waals surface area contributed by atoms with Crippen molar-refractivity contribution in [2.75, 3.05) is 6.61 Å². The lowest BCUT2D eigenvalue weighted by Gasteiger charge is -2.03. The topological polar surface area (TPSA) is 74.7 Å². The van der Waals surface area contributed by atoms with Crippen molar-refractivity contribution in [3.8, 4) is 0 Å². The van der Waals surface area contributed by atoms with Crippen LogP contribution in [0, 0.1) is 0 Å². The molecule has 2 N–H and O–H groups in total. The number of carbonyl (C=O) groups excluding carboxylic acids is 1. The first-order valence-corrected chi connectivity index (χ1v) is 6.21. The Labute approximate surface area is 110 Å². The molecule has 0 fully saturated rings. The molecule has 0 saturated carbocycles. The molecule has 5 nitrogen and oxygen atoms in total. The molecule has 0 spiro atoms. The lowest BCUT2D eigenvalue weighted by atomic mass is 10.0. The summed E-state index contributed by atoms with van der Waals surface area (Å²) in [6.45, 7) is 4.00. The summed E-state index contributed by atoms with van der Waals surface area (Å²) < 4.78 is 4.88. The molecule has 100 valence electrons. The Bertz CT molecular complexity index is 629. The van der Waals surface area contributed by atoms with E-state index in [-0.39, 0.29) is 12.3 Å². The summed E-state index contributed by atoms with van der Waals surface area (Å²) in [7, 11) is 0. The van der Waals surface area contributed by atoms with Crippen molar-refractivity contribution < 1.29 is 14.7 Å². The molecular weight excluding hydrogens is 244 g/mol. The van der Waals surface area contributed by atoms with Crippen LogP contribution >= 0.6 is 0 Å². The van der Waals surface area contributed by atoms with Gasteiger partial charge in [0.15, 0.2) is 5.71 Å². The molecular formula is C14H16N2O3. The fourth-order valence-electron chi connectivity index (χ4n) is 2.11. The van der Waals surface area contributed by atoms with Crippen molar-refractivity contribution in [3.05, 3.63) is 35.5 Å². The van der Waals surface area contributed by atoms with Gasteiger partial charge in [0.05, 0.1) is 6.61 Å². The molecule has 5 heteroatoms. The zero-order valence-electron chi connectivity index (χ0n) is 10.9. The number of para-hydroxylation sites is 1. The van der Waals surface area contributed by atoms with Gasteiger partial charge in [0.25, 0.3) is 0 Å². The third kappa shape index (κ3) is 2.31. The summed E-state index contributed by atoms with van der Waals surface area (Å²) >= 11 is 0. The van der Waals surface area contributed by atoms with E-state index < -0.39 is 5.97 Å². The second-order valence-electron chi connectivity index (χ2n) is 4.06. The monoisotopic (exact) mass is 260 g/mol. The van der Waals surface area contributed by atoms with Crippen LogP contribution in [0.4, 0.5) is 0 Å². The quantitative estimate of drug-likeness (QED) is 0.384. The van der Waals surface area contributed by atoms with Crippen molar-refractivity contribution >= 4 is 22.6 Å². The minimum absolute atomic E-state index is 0.0821. The first kappa shape index (κ1) is 13.1. The number of nitrogens with zero attached hydrogens (tertiary/aromatic N) is 1. The van der Waals surface area contributed by atoms with Gasteiger partial charge in [0, 0.05) is 22.7 Å². The molecule has 0 amide bonds. The maximum Gasteiger partial charge on any atom is 0.361 e. The van der Waals surface area contributed by atoms with Gasteiger partial charge in [-0.2, -0.15) is 0 Å². The molecule has 1 aromatic heterocycles. The maximum absolute atomic E-state index is 11.7. The zero-order chi connectivity index (χ0) is 13.8. The van der Waals surface area contributed by atoms with Gasteiger partial charge >= 0.3 is 5.97 Å². The molecule has 0 bridgehead atoms. The maximum atomic E-state index is 11.7. The number of ether oxygens (including phenoxy) is 1. The normalized spacial score (nSPS) is 11.8. The van der Waals surface area contributed by atoms with E-state index in [1.54, 1.807) is 13.1 Å². The Kier molecular flexibility index (Phi) is 3.85. The van der Waals surface area contributed by atoms with Gasteiger partial charge in [-0.1, -0.05) is 30.3 Å². The van der Waals surface area contributed by atoms with Gasteiger partial charge in [-0.05, 0) is 18.9 Å². The van der Waals surface area contributed by atoms with E-state index >= 15 is 0 Å². The summed E-state index contributed by atoms with van der Waals surface area (Å²) in [5.41, 5.74) is 2.56. The van der Waals surface area contributed by atoms with E-state index in [1.807, 2.05) is 18.2 Å². The van der Waals surface area contributed by atoms with E-state index in [0.29, 0.717) is 5.56 Å². The van der Waals surface area contributed by atoms with Crippen LogP contribution in [0.25, 0.3) is 10.9 Å². The summed E-state index contributed by atoms with van der Waals surface area (Å²) in [5.74, 6) is -0.632. The van der Waals surface area contributed by atoms with Crippen LogP contribution in [0.3, 0.4) is 0 Å². The number of esters is 1. The highest BCUT2D eigenvalue weighted by molar-refractivity contribution is 6.45. The number of oxime groups is 1. The van der Waals surface area contributed by atoms with E-state index in [4.69, 9.17) is 9.94 Å². The molecule has 0 aliphatic carbocycles. The first-order chi connectivity index (χ1) is 9.22. The van der Waals surface area contributed by atoms with Gasteiger partial charge in [-0.3, -0.25) is 0 Å². The average Bonchev–Trinajstić information content (AvgIpc) is 2.84. The molecule has 0 aliphatic rings. The number of rotatable bonds is 4. The van der Waals surface area contributed by atoms with E-state index in [2.05, 4.69) is 17.1 Å². The SMILES string of the molecule is CCOC(=O)/C(=N\O)c1c[nH]c2c(CC)cccc12. The molecule has 0 atom stereocenters. The largest absolute Gasteiger partial charge is 0.461 e. The van der Waals surface area contributed by atoms with Crippen molar-refractivity contribution in [2.24, 2.45) is 5.16 Å². The summed E-state index contributed by atoms with van der Waals surface area (Å²) in [6, 6.07) is 5.81. The minimum atomic E-state index is -0.632. The third-order valence-corrected chi connectivity index (χ3v) is 3.01. The van der Waals surface area contributed by atoms with Gasteiger partial charge in [0.1, 0.15) is 0 Å². The Morgan fingerprint density at radius 1 is 1.42 bits per heavy atom. The predicted molar refractivity (Wildman–Crippen MR) is 72.6 cm³/mol. The molecule has 2 rings (SSSR count). The first-order valence-electron chi connectivity index (χ1n) is 6.21. The van der Waals surface area contributed by atoms with Crippen LogP contribution in [0.15, 0.2) is 29.6 Å². The van der Waals surface area contributed by atoms with E-state index in [1.165, 1.54) is 0 Å². The Hall–Kier alpha value is -2.30. The smallest absolute Gasteiger partial charge is 0.361 e. The summed E-state index contributed by atoms with van der Waals surface area (Å²) in [5, 5.41) is 13.0. The number of hydrogen-bond donors (Lipinski definition) is 2. The summed E-state index contributed by atoms with van der Waals surface area (Å²) in [4.78, 5) is 14.9. The van der Waals surface area contributed by atoms with Gasteiger partial charge < -0.3 is 14.9 Å². The van der Waals surface area contributed by atoms with Crippen molar-refractivity contribution in [2.45, 2.75) is 20.3 Å². The second kappa shape index (κ2) is 5.56. The molecule has 0 unspecified atom stereocenters. The number of nitrogens with one attached hydrogen (secondary N) is 1. The predicted octanol–water partition coefficient (Wildman–Crippen LogP) is 2.47. The standard InChI is InChI=1S/C14H16N2O3/c1-3-9-6-5-7-10-11(8-15-12(9)10)13(16-18)14(17)19-4-2/h5-8,15,18H,3-4H2,1-2H3/b16-13-. The Balaban J connectivity index is 2.54.